The molecule has 0 aromatic heterocycles. The van der Waals surface area contributed by atoms with E-state index >= 15 is 0 Å². The Labute approximate surface area is 76.7 Å². The van der Waals surface area contributed by atoms with E-state index in [1.54, 1.807) is 7.11 Å². The van der Waals surface area contributed by atoms with Crippen LogP contribution in [-0.2, 0) is 4.52 Å². The molecule has 0 aliphatic carbocycles. The monoisotopic (exact) mass is 194 g/mol. The maximum absolute atomic E-state index is 5.61. The van der Waals surface area contributed by atoms with Crippen LogP contribution in [0, 0.1) is 0 Å². The van der Waals surface area contributed by atoms with E-state index in [2.05, 4.69) is 14.0 Å². The van der Waals surface area contributed by atoms with Crippen molar-refractivity contribution < 1.29 is 4.52 Å². The van der Waals surface area contributed by atoms with Gasteiger partial charge in [0.15, 0.2) is 0 Å². The summed E-state index contributed by atoms with van der Waals surface area (Å²) in [6.45, 7) is 0. The van der Waals surface area contributed by atoms with Crippen LogP contribution in [0.3, 0.4) is 0 Å². The summed E-state index contributed by atoms with van der Waals surface area (Å²) in [4.78, 5) is 0. The van der Waals surface area contributed by atoms with Gasteiger partial charge in [0.25, 0.3) is 0 Å². The zero-order valence-corrected chi connectivity index (χ0v) is 10.1. The topological polar surface area (TPSA) is 19.0 Å². The smallest absolute Gasteiger partial charge is 0.185 e. The van der Waals surface area contributed by atoms with E-state index in [9.17, 15) is 0 Å². The van der Waals surface area contributed by atoms with Crippen LogP contribution in [0.2, 0.25) is 0 Å². The zero-order valence-electron chi connectivity index (χ0n) is 9.20. The van der Waals surface area contributed by atoms with Crippen LogP contribution in [0.1, 0.15) is 0 Å². The van der Waals surface area contributed by atoms with Gasteiger partial charge in [-0.1, -0.05) is 0 Å². The molecule has 0 saturated heterocycles. The van der Waals surface area contributed by atoms with Gasteiger partial charge in [-0.25, -0.2) is 0 Å². The third-order valence-corrected chi connectivity index (χ3v) is 5.42. The summed E-state index contributed by atoms with van der Waals surface area (Å²) < 4.78 is 12.0. The molecule has 0 bridgehead atoms. The first-order valence-corrected chi connectivity index (χ1v) is 5.44. The van der Waals surface area contributed by atoms with Crippen molar-refractivity contribution in [2.45, 2.75) is 0 Å². The van der Waals surface area contributed by atoms with Gasteiger partial charge in [0.05, 0.1) is 7.11 Å². The molecule has 0 radical (unpaired) electrons. The van der Waals surface area contributed by atoms with E-state index in [-0.39, 0.29) is 0 Å². The molecule has 0 heterocycles. The summed E-state index contributed by atoms with van der Waals surface area (Å²) in [6.07, 6.45) is 0. The van der Waals surface area contributed by atoms with Gasteiger partial charge in [-0.05, 0) is 0 Å². The van der Waals surface area contributed by atoms with Crippen molar-refractivity contribution in [2.24, 2.45) is 0 Å². The van der Waals surface area contributed by atoms with Crippen LogP contribution in [0.15, 0.2) is 0 Å². The Morgan fingerprint density at radius 2 is 1.00 bits per heavy atom. The molecule has 0 aromatic rings. The molecule has 0 aliphatic heterocycles. The van der Waals surface area contributed by atoms with Crippen molar-refractivity contribution in [1.82, 2.24) is 14.0 Å². The van der Waals surface area contributed by atoms with Gasteiger partial charge in [0.2, 0.25) is 0 Å². The molecule has 0 spiro atoms. The lowest BCUT2D eigenvalue weighted by Crippen LogP contribution is -2.36. The van der Waals surface area contributed by atoms with Crippen LogP contribution in [-0.4, -0.2) is 63.4 Å². The molecule has 12 heavy (non-hydrogen) atoms. The molecular weight excluding hydrogens is 173 g/mol. The molecule has 0 rings (SSSR count). The summed E-state index contributed by atoms with van der Waals surface area (Å²) in [5.74, 6) is 0. The normalized spacial score (nSPS) is 13.5. The maximum atomic E-state index is 5.61. The van der Waals surface area contributed by atoms with Gasteiger partial charge >= 0.3 is 7.94 Å². The van der Waals surface area contributed by atoms with Crippen molar-refractivity contribution in [3.63, 3.8) is 0 Å². The standard InChI is InChI=1S/C7H21N3OP/c1-8(2)12(11-7,9(3)4)10(5)6/h1-7H3/q+1. The van der Waals surface area contributed by atoms with Crippen molar-refractivity contribution >= 4 is 7.94 Å². The van der Waals surface area contributed by atoms with Crippen molar-refractivity contribution in [1.29, 1.82) is 0 Å². The fraction of sp³-hybridized carbons (Fsp3) is 1.00. The van der Waals surface area contributed by atoms with E-state index in [0.29, 0.717) is 0 Å². The van der Waals surface area contributed by atoms with Crippen LogP contribution in [0.5, 0.6) is 0 Å². The second-order valence-corrected chi connectivity index (χ2v) is 7.03. The SMILES string of the molecule is CO[P+](N(C)C)(N(C)C)N(C)C. The van der Waals surface area contributed by atoms with E-state index in [1.165, 1.54) is 0 Å². The van der Waals surface area contributed by atoms with Crippen LogP contribution in [0.4, 0.5) is 0 Å². The number of hydrogen-bond donors (Lipinski definition) is 0. The highest BCUT2D eigenvalue weighted by atomic mass is 31.2. The third kappa shape index (κ3) is 1.95. The summed E-state index contributed by atoms with van der Waals surface area (Å²) >= 11 is 0. The van der Waals surface area contributed by atoms with Gasteiger partial charge in [-0.15, -0.1) is 14.0 Å². The Balaban J connectivity index is 4.77. The molecule has 0 saturated carbocycles. The fourth-order valence-electron chi connectivity index (χ4n) is 1.56. The maximum Gasteiger partial charge on any atom is 0.369 e. The van der Waals surface area contributed by atoms with Crippen molar-refractivity contribution in [2.75, 3.05) is 49.4 Å². The van der Waals surface area contributed by atoms with E-state index < -0.39 is 7.94 Å². The molecule has 0 unspecified atom stereocenters. The Morgan fingerprint density at radius 1 is 0.750 bits per heavy atom. The Hall–Kier alpha value is 0.270. The zero-order chi connectivity index (χ0) is 9.94. The molecule has 0 atom stereocenters. The number of hydrogen-bond acceptors (Lipinski definition) is 4. The van der Waals surface area contributed by atoms with Crippen molar-refractivity contribution in [3.8, 4) is 0 Å². The molecule has 0 aliphatic rings. The molecule has 0 fully saturated rings. The van der Waals surface area contributed by atoms with Gasteiger partial charge in [0, 0.05) is 42.3 Å². The third-order valence-electron chi connectivity index (χ3n) is 1.81. The Kier molecular flexibility index (Phi) is 4.59. The fourth-order valence-corrected chi connectivity index (χ4v) is 4.69. The quantitative estimate of drug-likeness (QED) is 0.621. The summed E-state index contributed by atoms with van der Waals surface area (Å²) in [6, 6.07) is 0. The van der Waals surface area contributed by atoms with E-state index in [4.69, 9.17) is 4.52 Å². The highest BCUT2D eigenvalue weighted by Gasteiger charge is 2.49. The highest BCUT2D eigenvalue weighted by Crippen LogP contribution is 2.63. The highest BCUT2D eigenvalue weighted by molar-refractivity contribution is 7.64. The molecule has 4 nitrogen and oxygen atoms in total. The average molecular weight is 194 g/mol. The minimum absolute atomic E-state index is 1.69. The Bertz CT molecular complexity index is 117. The van der Waals surface area contributed by atoms with E-state index in [1.807, 2.05) is 42.3 Å². The summed E-state index contributed by atoms with van der Waals surface area (Å²) in [5, 5.41) is 0. The van der Waals surface area contributed by atoms with Gasteiger partial charge in [0.1, 0.15) is 0 Å². The lowest BCUT2D eigenvalue weighted by molar-refractivity contribution is 0.290. The van der Waals surface area contributed by atoms with Gasteiger partial charge in [-0.2, -0.15) is 4.52 Å². The average Bonchev–Trinajstić information content (AvgIpc) is 1.86. The second-order valence-electron chi connectivity index (χ2n) is 3.24. The molecule has 0 N–H and O–H groups in total. The lowest BCUT2D eigenvalue weighted by atomic mass is 11.2. The largest absolute Gasteiger partial charge is 0.369 e. The molecule has 0 amide bonds. The van der Waals surface area contributed by atoms with Crippen molar-refractivity contribution in [3.05, 3.63) is 0 Å². The molecule has 74 valence electrons. The molecule has 0 aromatic carbocycles. The summed E-state index contributed by atoms with van der Waals surface area (Å²) in [7, 11) is 12.3. The Morgan fingerprint density at radius 3 is 1.00 bits per heavy atom. The first-order chi connectivity index (χ1) is 5.39. The van der Waals surface area contributed by atoms with E-state index in [0.717, 1.165) is 0 Å². The van der Waals surface area contributed by atoms with Crippen LogP contribution >= 0.6 is 7.94 Å². The first kappa shape index (κ1) is 12.3. The summed E-state index contributed by atoms with van der Waals surface area (Å²) in [5.41, 5.74) is 0. The van der Waals surface area contributed by atoms with Gasteiger partial charge < -0.3 is 0 Å². The van der Waals surface area contributed by atoms with Gasteiger partial charge in [-0.3, -0.25) is 0 Å². The van der Waals surface area contributed by atoms with Crippen LogP contribution < -0.4 is 0 Å². The molecule has 5 heteroatoms. The first-order valence-electron chi connectivity index (χ1n) is 3.87. The molecular formula is C7H21N3OP+. The van der Waals surface area contributed by atoms with Crippen LogP contribution in [0.25, 0.3) is 0 Å². The second kappa shape index (κ2) is 4.49. The lowest BCUT2D eigenvalue weighted by Gasteiger charge is -2.36. The predicted molar refractivity (Wildman–Crippen MR) is 55.0 cm³/mol. The number of nitrogens with zero attached hydrogens (tertiary/aromatic N) is 3. The minimum Gasteiger partial charge on any atom is -0.185 e. The minimum atomic E-state index is -1.69. The predicted octanol–water partition coefficient (Wildman–Crippen LogP) is 0.995. The number of rotatable bonds is 4.